The van der Waals surface area contributed by atoms with Crippen LogP contribution in [0.15, 0.2) is 40.5 Å². The van der Waals surface area contributed by atoms with Crippen LogP contribution < -0.4 is 5.32 Å². The van der Waals surface area contributed by atoms with Crippen molar-refractivity contribution in [2.75, 3.05) is 6.54 Å². The van der Waals surface area contributed by atoms with Gasteiger partial charge in [0.1, 0.15) is 0 Å². The maximum absolute atomic E-state index is 4.51. The highest BCUT2D eigenvalue weighted by Crippen LogP contribution is 2.26. The van der Waals surface area contributed by atoms with Crippen molar-refractivity contribution in [2.45, 2.75) is 25.8 Å². The van der Waals surface area contributed by atoms with Crippen molar-refractivity contribution < 1.29 is 0 Å². The molecule has 0 bridgehead atoms. The van der Waals surface area contributed by atoms with Crippen molar-refractivity contribution in [1.82, 2.24) is 10.3 Å². The smallest absolute Gasteiger partial charge is 0.0785 e. The van der Waals surface area contributed by atoms with Gasteiger partial charge in [0.25, 0.3) is 0 Å². The number of halogens is 1. The molecule has 1 aliphatic rings. The summed E-state index contributed by atoms with van der Waals surface area (Å²) in [5.74, 6) is 0. The van der Waals surface area contributed by atoms with Gasteiger partial charge in [-0.3, -0.25) is 4.98 Å². The highest BCUT2D eigenvalue weighted by Gasteiger charge is 2.19. The van der Waals surface area contributed by atoms with Crippen LogP contribution in [0.1, 0.15) is 25.3 Å². The van der Waals surface area contributed by atoms with Crippen LogP contribution in [-0.4, -0.2) is 17.6 Å². The molecule has 0 amide bonds. The lowest BCUT2D eigenvalue weighted by Crippen LogP contribution is -2.18. The lowest BCUT2D eigenvalue weighted by Gasteiger charge is -2.06. The Morgan fingerprint density at radius 1 is 1.42 bits per heavy atom. The van der Waals surface area contributed by atoms with E-state index in [1.807, 2.05) is 12.3 Å². The van der Waals surface area contributed by atoms with Gasteiger partial charge in [-0.15, -0.1) is 0 Å². The summed E-state index contributed by atoms with van der Waals surface area (Å²) in [6.07, 6.45) is 6.74. The molecule has 1 fully saturated rings. The number of pyridine rings is 1. The van der Waals surface area contributed by atoms with Crippen molar-refractivity contribution in [3.05, 3.63) is 46.1 Å². The minimum atomic E-state index is 0.753. The van der Waals surface area contributed by atoms with E-state index < -0.39 is 0 Å². The normalized spacial score (nSPS) is 16.0. The lowest BCUT2D eigenvalue weighted by atomic mass is 10.1. The monoisotopic (exact) mass is 316 g/mol. The van der Waals surface area contributed by atoms with Gasteiger partial charge in [-0.25, -0.2) is 0 Å². The van der Waals surface area contributed by atoms with Crippen LogP contribution in [0, 0.1) is 0 Å². The molecule has 1 aromatic heterocycles. The second-order valence-electron chi connectivity index (χ2n) is 5.18. The van der Waals surface area contributed by atoms with Gasteiger partial charge < -0.3 is 5.32 Å². The molecule has 0 atom stereocenters. The van der Waals surface area contributed by atoms with Gasteiger partial charge >= 0.3 is 0 Å². The van der Waals surface area contributed by atoms with Crippen molar-refractivity contribution >= 4 is 32.9 Å². The summed E-state index contributed by atoms with van der Waals surface area (Å²) in [5, 5.41) is 4.70. The fraction of sp³-hybridized carbons (Fsp3) is 0.312. The first-order valence-electron chi connectivity index (χ1n) is 6.68. The van der Waals surface area contributed by atoms with Gasteiger partial charge in [-0.2, -0.15) is 0 Å². The van der Waals surface area contributed by atoms with Gasteiger partial charge in [0.2, 0.25) is 0 Å². The molecular weight excluding hydrogens is 300 g/mol. The Bertz CT molecular complexity index is 630. The van der Waals surface area contributed by atoms with E-state index in [4.69, 9.17) is 0 Å². The second kappa shape index (κ2) is 5.43. The van der Waals surface area contributed by atoms with Gasteiger partial charge in [0.15, 0.2) is 0 Å². The van der Waals surface area contributed by atoms with Crippen LogP contribution in [0.25, 0.3) is 17.0 Å². The molecule has 2 nitrogen and oxygen atoms in total. The summed E-state index contributed by atoms with van der Waals surface area (Å²) in [7, 11) is 0. The van der Waals surface area contributed by atoms with E-state index in [1.165, 1.54) is 29.4 Å². The van der Waals surface area contributed by atoms with Crippen LogP contribution in [0.4, 0.5) is 0 Å². The molecule has 2 aromatic rings. The van der Waals surface area contributed by atoms with Crippen LogP contribution in [0.2, 0.25) is 0 Å². The van der Waals surface area contributed by atoms with Crippen LogP contribution in [0.3, 0.4) is 0 Å². The zero-order valence-corrected chi connectivity index (χ0v) is 12.6. The zero-order chi connectivity index (χ0) is 13.2. The third-order valence-corrected chi connectivity index (χ3v) is 4.09. The van der Waals surface area contributed by atoms with Gasteiger partial charge in [0.05, 0.1) is 5.52 Å². The first-order chi connectivity index (χ1) is 9.24. The molecule has 0 aliphatic heterocycles. The first-order valence-corrected chi connectivity index (χ1v) is 7.47. The van der Waals surface area contributed by atoms with E-state index in [1.54, 1.807) is 0 Å². The van der Waals surface area contributed by atoms with E-state index in [2.05, 4.69) is 57.4 Å². The van der Waals surface area contributed by atoms with Crippen LogP contribution in [-0.2, 0) is 0 Å². The molecule has 0 unspecified atom stereocenters. The SMILES string of the molecule is C/C(=C/c1ccc(Br)c2cccnc12)CNC1CC1. The highest BCUT2D eigenvalue weighted by atomic mass is 79.9. The Morgan fingerprint density at radius 2 is 2.26 bits per heavy atom. The number of fused-ring (bicyclic) bond motifs is 1. The fourth-order valence-corrected chi connectivity index (χ4v) is 2.64. The molecule has 1 saturated carbocycles. The van der Waals surface area contributed by atoms with E-state index >= 15 is 0 Å². The Hall–Kier alpha value is -1.19. The number of hydrogen-bond acceptors (Lipinski definition) is 2. The first kappa shape index (κ1) is 12.8. The van der Waals surface area contributed by atoms with Crippen molar-refractivity contribution in [3.8, 4) is 0 Å². The van der Waals surface area contributed by atoms with Crippen molar-refractivity contribution in [2.24, 2.45) is 0 Å². The molecule has 3 rings (SSSR count). The minimum absolute atomic E-state index is 0.753. The van der Waals surface area contributed by atoms with E-state index in [-0.39, 0.29) is 0 Å². The molecule has 0 saturated heterocycles. The molecule has 1 aromatic carbocycles. The number of hydrogen-bond donors (Lipinski definition) is 1. The minimum Gasteiger partial charge on any atom is -0.310 e. The Morgan fingerprint density at radius 3 is 3.05 bits per heavy atom. The topological polar surface area (TPSA) is 24.9 Å². The molecule has 1 heterocycles. The molecule has 0 radical (unpaired) electrons. The third kappa shape index (κ3) is 3.04. The van der Waals surface area contributed by atoms with Gasteiger partial charge in [-0.05, 0) is 31.9 Å². The van der Waals surface area contributed by atoms with E-state index in [0.29, 0.717) is 0 Å². The molecule has 0 spiro atoms. The average Bonchev–Trinajstić information content (AvgIpc) is 3.24. The number of aromatic nitrogens is 1. The fourth-order valence-electron chi connectivity index (χ4n) is 2.19. The van der Waals surface area contributed by atoms with Gasteiger partial charge in [0, 0.05) is 34.2 Å². The quantitative estimate of drug-likeness (QED) is 0.916. The Balaban J connectivity index is 1.91. The number of nitrogens with zero attached hydrogens (tertiary/aromatic N) is 1. The van der Waals surface area contributed by atoms with E-state index in [0.717, 1.165) is 22.6 Å². The van der Waals surface area contributed by atoms with Crippen molar-refractivity contribution in [3.63, 3.8) is 0 Å². The van der Waals surface area contributed by atoms with Crippen molar-refractivity contribution in [1.29, 1.82) is 0 Å². The molecule has 1 N–H and O–H groups in total. The van der Waals surface area contributed by atoms with Crippen LogP contribution in [0.5, 0.6) is 0 Å². The maximum Gasteiger partial charge on any atom is 0.0785 e. The highest BCUT2D eigenvalue weighted by molar-refractivity contribution is 9.10. The molecule has 1 aliphatic carbocycles. The molecule has 19 heavy (non-hydrogen) atoms. The summed E-state index contributed by atoms with van der Waals surface area (Å²) in [6, 6.07) is 9.05. The van der Waals surface area contributed by atoms with Crippen LogP contribution >= 0.6 is 15.9 Å². The van der Waals surface area contributed by atoms with E-state index in [9.17, 15) is 0 Å². The Kier molecular flexibility index (Phi) is 3.67. The Labute approximate surface area is 122 Å². The average molecular weight is 317 g/mol. The molecular formula is C16H17BrN2. The summed E-state index contributed by atoms with van der Waals surface area (Å²) in [6.45, 7) is 3.14. The third-order valence-electron chi connectivity index (χ3n) is 3.40. The second-order valence-corrected chi connectivity index (χ2v) is 6.04. The molecule has 98 valence electrons. The number of rotatable bonds is 4. The zero-order valence-electron chi connectivity index (χ0n) is 11.0. The summed E-state index contributed by atoms with van der Waals surface area (Å²) in [4.78, 5) is 4.51. The number of benzene rings is 1. The predicted molar refractivity (Wildman–Crippen MR) is 84.1 cm³/mol. The standard InChI is InChI=1S/C16H17BrN2/c1-11(10-19-13-5-6-13)9-12-4-7-15(17)14-3-2-8-18-16(12)14/h2-4,7-9,13,19H,5-6,10H2,1H3/b11-9-. The summed E-state index contributed by atoms with van der Waals surface area (Å²) < 4.78 is 1.10. The summed E-state index contributed by atoms with van der Waals surface area (Å²) in [5.41, 5.74) is 3.60. The summed E-state index contributed by atoms with van der Waals surface area (Å²) >= 11 is 3.58. The predicted octanol–water partition coefficient (Wildman–Crippen LogP) is 4.15. The number of nitrogens with one attached hydrogen (secondary N) is 1. The maximum atomic E-state index is 4.51. The molecule has 3 heteroatoms. The van der Waals surface area contributed by atoms with Gasteiger partial charge in [-0.1, -0.05) is 39.7 Å². The lowest BCUT2D eigenvalue weighted by molar-refractivity contribution is 0.736. The largest absolute Gasteiger partial charge is 0.310 e.